The number of nitrogens with zero attached hydrogens (tertiary/aromatic N) is 6. The van der Waals surface area contributed by atoms with Crippen LogP contribution in [0.25, 0.3) is 5.69 Å². The molecule has 1 fully saturated rings. The number of benzene rings is 1. The fourth-order valence-electron chi connectivity index (χ4n) is 4.30. The van der Waals surface area contributed by atoms with Crippen molar-refractivity contribution < 1.29 is 4.79 Å². The number of piperidine rings is 1. The topological polar surface area (TPSA) is 75.7 Å². The molecule has 5 rings (SSSR count). The van der Waals surface area contributed by atoms with E-state index in [-0.39, 0.29) is 24.2 Å². The van der Waals surface area contributed by atoms with Gasteiger partial charge in [-0.2, -0.15) is 0 Å². The smallest absolute Gasteiger partial charge is 0.338 e. The summed E-state index contributed by atoms with van der Waals surface area (Å²) in [6.07, 6.45) is 3.18. The first-order chi connectivity index (χ1) is 13.1. The maximum Gasteiger partial charge on any atom is 0.352 e. The van der Waals surface area contributed by atoms with Crippen LogP contribution in [0.2, 0.25) is 0 Å². The molecule has 140 valence electrons. The number of amidine groups is 1. The van der Waals surface area contributed by atoms with Crippen molar-refractivity contribution in [3.8, 4) is 5.69 Å². The number of hydrogen-bond donors (Lipinski definition) is 0. The van der Waals surface area contributed by atoms with Crippen molar-refractivity contribution in [3.05, 3.63) is 40.3 Å². The molecule has 3 aliphatic heterocycles. The van der Waals surface area contributed by atoms with Gasteiger partial charge in [-0.1, -0.05) is 12.1 Å². The molecule has 4 heterocycles. The molecule has 0 N–H and O–H groups in total. The van der Waals surface area contributed by atoms with Crippen LogP contribution in [0.1, 0.15) is 31.7 Å². The molecule has 0 aliphatic carbocycles. The standard InChI is InChI=1S/C19H22N6O2/c1-13-6-4-5-10-22(13)16(26)12-24-19(27)25-15-8-3-2-7-14(15)17-20-9-11-23(17)18(25)21-24/h2-3,7-8,13H,4-6,9-12H2,1H3/t13-/m0/s1. The van der Waals surface area contributed by atoms with Crippen LogP contribution in [0.5, 0.6) is 0 Å². The van der Waals surface area contributed by atoms with Crippen molar-refractivity contribution in [3.63, 3.8) is 0 Å². The summed E-state index contributed by atoms with van der Waals surface area (Å²) in [5, 5.41) is 4.52. The number of rotatable bonds is 2. The second-order valence-electron chi connectivity index (χ2n) is 7.38. The highest BCUT2D eigenvalue weighted by Crippen LogP contribution is 2.29. The lowest BCUT2D eigenvalue weighted by molar-refractivity contribution is -0.135. The number of hydrogen-bond acceptors (Lipinski definition) is 5. The Morgan fingerprint density at radius 2 is 2.07 bits per heavy atom. The lowest BCUT2D eigenvalue weighted by Crippen LogP contribution is -2.44. The van der Waals surface area contributed by atoms with Gasteiger partial charge in [-0.05, 0) is 38.3 Å². The van der Waals surface area contributed by atoms with Crippen molar-refractivity contribution in [2.45, 2.75) is 38.8 Å². The van der Waals surface area contributed by atoms with E-state index in [1.54, 1.807) is 4.57 Å². The number of anilines is 1. The first-order valence-corrected chi connectivity index (χ1v) is 9.56. The molecule has 8 heteroatoms. The zero-order valence-corrected chi connectivity index (χ0v) is 15.3. The Bertz CT molecular complexity index is 1000. The Morgan fingerprint density at radius 3 is 2.93 bits per heavy atom. The maximum atomic E-state index is 13.1. The molecule has 0 unspecified atom stereocenters. The van der Waals surface area contributed by atoms with Crippen molar-refractivity contribution in [2.24, 2.45) is 4.99 Å². The van der Waals surface area contributed by atoms with Gasteiger partial charge in [0.05, 0.1) is 12.2 Å². The number of carbonyl (C=O) groups excluding carboxylic acids is 1. The Hall–Kier alpha value is -2.90. The minimum atomic E-state index is -0.276. The van der Waals surface area contributed by atoms with Gasteiger partial charge in [0, 0.05) is 24.7 Å². The van der Waals surface area contributed by atoms with Crippen LogP contribution in [-0.2, 0) is 11.3 Å². The zero-order valence-electron chi connectivity index (χ0n) is 15.3. The third-order valence-corrected chi connectivity index (χ3v) is 5.70. The van der Waals surface area contributed by atoms with Gasteiger partial charge in [-0.25, -0.2) is 14.0 Å². The average Bonchev–Trinajstić information content (AvgIpc) is 3.28. The van der Waals surface area contributed by atoms with Crippen LogP contribution in [-0.4, -0.2) is 56.7 Å². The summed E-state index contributed by atoms with van der Waals surface area (Å²) in [5.74, 6) is 1.36. The van der Waals surface area contributed by atoms with Gasteiger partial charge >= 0.3 is 5.69 Å². The number of likely N-dealkylation sites (tertiary alicyclic amines) is 1. The van der Waals surface area contributed by atoms with Crippen LogP contribution < -0.4 is 10.6 Å². The van der Waals surface area contributed by atoms with Crippen LogP contribution in [0, 0.1) is 0 Å². The number of carbonyl (C=O) groups is 1. The van der Waals surface area contributed by atoms with Gasteiger partial charge < -0.3 is 4.90 Å². The number of aliphatic imine (C=N–C) groups is 1. The van der Waals surface area contributed by atoms with E-state index in [1.807, 2.05) is 34.1 Å². The minimum Gasteiger partial charge on any atom is -0.338 e. The second-order valence-corrected chi connectivity index (χ2v) is 7.38. The molecule has 0 saturated carbocycles. The molecule has 8 nitrogen and oxygen atoms in total. The average molecular weight is 366 g/mol. The highest BCUT2D eigenvalue weighted by Gasteiger charge is 2.35. The van der Waals surface area contributed by atoms with E-state index in [4.69, 9.17) is 0 Å². The van der Waals surface area contributed by atoms with E-state index in [0.717, 1.165) is 42.9 Å². The quantitative estimate of drug-likeness (QED) is 0.795. The SMILES string of the molecule is C[C@H]1CCCCN1C(=O)Cn1nc2n(c1=O)-c1ccccc1C1=NCCN12. The van der Waals surface area contributed by atoms with E-state index < -0.39 is 0 Å². The number of amides is 1. The lowest BCUT2D eigenvalue weighted by atomic mass is 10.0. The van der Waals surface area contributed by atoms with E-state index in [2.05, 4.69) is 17.0 Å². The second kappa shape index (κ2) is 6.07. The van der Waals surface area contributed by atoms with Crippen LogP contribution in [0.4, 0.5) is 5.95 Å². The van der Waals surface area contributed by atoms with Crippen molar-refractivity contribution in [1.29, 1.82) is 0 Å². The molecule has 1 aromatic heterocycles. The highest BCUT2D eigenvalue weighted by atomic mass is 16.2. The summed E-state index contributed by atoms with van der Waals surface area (Å²) in [7, 11) is 0. The molecule has 3 aliphatic rings. The van der Waals surface area contributed by atoms with E-state index >= 15 is 0 Å². The number of fused-ring (bicyclic) bond motifs is 6. The molecular formula is C19H22N6O2. The molecule has 0 spiro atoms. The van der Waals surface area contributed by atoms with Crippen molar-refractivity contribution in [2.75, 3.05) is 24.5 Å². The van der Waals surface area contributed by atoms with Gasteiger partial charge in [0.25, 0.3) is 0 Å². The first-order valence-electron chi connectivity index (χ1n) is 9.56. The molecule has 1 saturated heterocycles. The third kappa shape index (κ3) is 2.43. The van der Waals surface area contributed by atoms with Gasteiger partial charge in [0.2, 0.25) is 11.9 Å². The largest absolute Gasteiger partial charge is 0.352 e. The molecule has 1 atom stereocenters. The molecule has 1 aromatic carbocycles. The monoisotopic (exact) mass is 366 g/mol. The zero-order chi connectivity index (χ0) is 18.5. The predicted molar refractivity (Wildman–Crippen MR) is 102 cm³/mol. The van der Waals surface area contributed by atoms with Crippen LogP contribution in [0.15, 0.2) is 34.1 Å². The van der Waals surface area contributed by atoms with Crippen molar-refractivity contribution in [1.82, 2.24) is 19.2 Å². The van der Waals surface area contributed by atoms with E-state index in [1.165, 1.54) is 4.68 Å². The fraction of sp³-hybridized carbons (Fsp3) is 0.474. The Morgan fingerprint density at radius 1 is 1.22 bits per heavy atom. The number of para-hydroxylation sites is 1. The van der Waals surface area contributed by atoms with E-state index in [9.17, 15) is 9.59 Å². The highest BCUT2D eigenvalue weighted by molar-refractivity contribution is 6.14. The predicted octanol–water partition coefficient (Wildman–Crippen LogP) is 1.02. The molecular weight excluding hydrogens is 344 g/mol. The molecule has 0 bridgehead atoms. The Kier molecular flexibility index (Phi) is 3.66. The fourth-order valence-corrected chi connectivity index (χ4v) is 4.30. The summed E-state index contributed by atoms with van der Waals surface area (Å²) in [4.78, 5) is 34.3. The summed E-state index contributed by atoms with van der Waals surface area (Å²) in [6.45, 7) is 4.17. The maximum absolute atomic E-state index is 13.1. The van der Waals surface area contributed by atoms with Crippen LogP contribution >= 0.6 is 0 Å². The first kappa shape index (κ1) is 16.3. The summed E-state index contributed by atoms with van der Waals surface area (Å²) in [6, 6.07) is 7.94. The van der Waals surface area contributed by atoms with Gasteiger partial charge in [-0.15, -0.1) is 5.10 Å². The third-order valence-electron chi connectivity index (χ3n) is 5.70. The molecule has 0 radical (unpaired) electrons. The Labute approximate surface area is 156 Å². The summed E-state index contributed by atoms with van der Waals surface area (Å²) < 4.78 is 2.91. The van der Waals surface area contributed by atoms with Gasteiger partial charge in [-0.3, -0.25) is 14.7 Å². The number of aromatic nitrogens is 3. The van der Waals surface area contributed by atoms with Crippen LogP contribution in [0.3, 0.4) is 0 Å². The summed E-state index contributed by atoms with van der Waals surface area (Å²) >= 11 is 0. The summed E-state index contributed by atoms with van der Waals surface area (Å²) in [5.41, 5.74) is 1.43. The minimum absolute atomic E-state index is 0.0222. The molecule has 27 heavy (non-hydrogen) atoms. The lowest BCUT2D eigenvalue weighted by Gasteiger charge is -2.33. The van der Waals surface area contributed by atoms with E-state index in [0.29, 0.717) is 19.0 Å². The molecule has 2 aromatic rings. The van der Waals surface area contributed by atoms with Gasteiger partial charge in [0.15, 0.2) is 0 Å². The van der Waals surface area contributed by atoms with Crippen molar-refractivity contribution >= 4 is 17.7 Å². The van der Waals surface area contributed by atoms with Gasteiger partial charge in [0.1, 0.15) is 12.4 Å². The Balaban J connectivity index is 1.54. The molecule has 1 amide bonds. The normalized spacial score (nSPS) is 20.8.